The van der Waals surface area contributed by atoms with Gasteiger partial charge in [-0.2, -0.15) is 0 Å². The number of nitrogens with one attached hydrogen (secondary N) is 2. The van der Waals surface area contributed by atoms with Gasteiger partial charge in [0.15, 0.2) is 0 Å². The lowest BCUT2D eigenvalue weighted by atomic mass is 10.0. The van der Waals surface area contributed by atoms with Crippen LogP contribution in [0.25, 0.3) is 0 Å². The molecule has 6 heteroatoms. The van der Waals surface area contributed by atoms with Crippen LogP contribution >= 0.6 is 0 Å². The van der Waals surface area contributed by atoms with E-state index in [1.807, 2.05) is 26.0 Å². The third-order valence-corrected chi connectivity index (χ3v) is 5.86. The topological polar surface area (TPSA) is 64.7 Å². The average Bonchev–Trinajstić information content (AvgIpc) is 2.72. The summed E-state index contributed by atoms with van der Waals surface area (Å²) in [5.74, 6) is -0.411. The zero-order valence-corrected chi connectivity index (χ0v) is 18.7. The van der Waals surface area contributed by atoms with E-state index in [-0.39, 0.29) is 17.9 Å². The van der Waals surface area contributed by atoms with Gasteiger partial charge in [0.05, 0.1) is 0 Å². The van der Waals surface area contributed by atoms with E-state index < -0.39 is 0 Å². The summed E-state index contributed by atoms with van der Waals surface area (Å²) >= 11 is 0. The molecule has 2 fully saturated rings. The monoisotopic (exact) mass is 402 g/mol. The molecule has 1 aromatic carbocycles. The van der Waals surface area contributed by atoms with E-state index in [0.29, 0.717) is 24.9 Å². The van der Waals surface area contributed by atoms with Crippen molar-refractivity contribution in [2.45, 2.75) is 78.0 Å². The number of likely N-dealkylation sites (tertiary alicyclic amines) is 1. The van der Waals surface area contributed by atoms with E-state index in [0.717, 1.165) is 25.3 Å². The molecule has 1 atom stereocenters. The van der Waals surface area contributed by atoms with Gasteiger partial charge in [-0.3, -0.25) is 19.8 Å². The molecule has 2 N–H and O–H groups in total. The van der Waals surface area contributed by atoms with Crippen LogP contribution in [0.2, 0.25) is 0 Å². The minimum atomic E-state index is -0.333. The number of carbonyl (C=O) groups excluding carboxylic acids is 2. The van der Waals surface area contributed by atoms with Crippen LogP contribution in [0.4, 0.5) is 5.69 Å². The number of carbonyl (C=O) groups is 2. The van der Waals surface area contributed by atoms with Crippen molar-refractivity contribution in [2.75, 3.05) is 25.5 Å². The van der Waals surface area contributed by atoms with Crippen molar-refractivity contribution in [3.8, 4) is 0 Å². The Hall–Kier alpha value is -1.92. The van der Waals surface area contributed by atoms with Crippen LogP contribution in [-0.4, -0.2) is 59.9 Å². The van der Waals surface area contributed by atoms with Crippen LogP contribution < -0.4 is 10.6 Å². The van der Waals surface area contributed by atoms with Gasteiger partial charge in [0, 0.05) is 30.7 Å². The summed E-state index contributed by atoms with van der Waals surface area (Å²) in [4.78, 5) is 28.2. The normalized spacial score (nSPS) is 21.0. The van der Waals surface area contributed by atoms with Gasteiger partial charge in [-0.1, -0.05) is 26.0 Å². The van der Waals surface area contributed by atoms with Crippen LogP contribution in [0.5, 0.6) is 0 Å². The molecule has 0 spiro atoms. The minimum Gasteiger partial charge on any atom is -0.374 e. The first-order valence-electron chi connectivity index (χ1n) is 11.1. The molecule has 2 heterocycles. The summed E-state index contributed by atoms with van der Waals surface area (Å²) in [6, 6.07) is 9.22. The Morgan fingerprint density at radius 2 is 1.86 bits per heavy atom. The molecule has 29 heavy (non-hydrogen) atoms. The molecule has 2 amide bonds. The number of imide groups is 1. The first-order chi connectivity index (χ1) is 13.9. The van der Waals surface area contributed by atoms with E-state index >= 15 is 0 Å². The van der Waals surface area contributed by atoms with E-state index in [1.54, 1.807) is 0 Å². The highest BCUT2D eigenvalue weighted by atomic mass is 16.2. The Balaban J connectivity index is 0.00000145. The van der Waals surface area contributed by atoms with Crippen molar-refractivity contribution in [1.82, 2.24) is 15.1 Å². The summed E-state index contributed by atoms with van der Waals surface area (Å²) in [6.45, 7) is 11.7. The molecule has 0 bridgehead atoms. The van der Waals surface area contributed by atoms with Gasteiger partial charge in [-0.15, -0.1) is 0 Å². The Kier molecular flexibility index (Phi) is 9.11. The molecule has 2 aliphatic heterocycles. The minimum absolute atomic E-state index is 0.182. The van der Waals surface area contributed by atoms with E-state index in [2.05, 4.69) is 53.5 Å². The number of piperidine rings is 2. The number of hydrogen-bond acceptors (Lipinski definition) is 5. The second-order valence-corrected chi connectivity index (χ2v) is 8.11. The summed E-state index contributed by atoms with van der Waals surface area (Å²) in [5.41, 5.74) is 2.19. The Labute approximate surface area is 176 Å². The summed E-state index contributed by atoms with van der Waals surface area (Å²) < 4.78 is 0. The lowest BCUT2D eigenvalue weighted by Gasteiger charge is -2.38. The van der Waals surface area contributed by atoms with Gasteiger partial charge in [-0.05, 0) is 70.9 Å². The predicted octanol–water partition coefficient (Wildman–Crippen LogP) is 3.23. The third-order valence-electron chi connectivity index (χ3n) is 5.86. The van der Waals surface area contributed by atoms with Gasteiger partial charge in [0.1, 0.15) is 6.04 Å². The number of nitrogens with zero attached hydrogens (tertiary/aromatic N) is 2. The zero-order valence-electron chi connectivity index (χ0n) is 18.7. The number of rotatable bonds is 6. The first-order valence-corrected chi connectivity index (χ1v) is 11.1. The van der Waals surface area contributed by atoms with E-state index in [4.69, 9.17) is 0 Å². The van der Waals surface area contributed by atoms with E-state index in [1.165, 1.54) is 18.4 Å². The van der Waals surface area contributed by atoms with Gasteiger partial charge < -0.3 is 10.2 Å². The van der Waals surface area contributed by atoms with Crippen LogP contribution in [0.3, 0.4) is 0 Å². The smallest absolute Gasteiger partial charge is 0.249 e. The first kappa shape index (κ1) is 23.4. The summed E-state index contributed by atoms with van der Waals surface area (Å²) in [5, 5.41) is 5.67. The molecule has 0 aromatic heterocycles. The Bertz CT molecular complexity index is 669. The molecule has 0 saturated carbocycles. The highest BCUT2D eigenvalue weighted by Crippen LogP contribution is 2.21. The Morgan fingerprint density at radius 1 is 1.17 bits per heavy atom. The molecule has 162 valence electrons. The van der Waals surface area contributed by atoms with Crippen LogP contribution in [0.1, 0.15) is 58.9 Å². The predicted molar refractivity (Wildman–Crippen MR) is 119 cm³/mol. The molecular formula is C23H38N4O2. The van der Waals surface area contributed by atoms with Gasteiger partial charge in [-0.25, -0.2) is 0 Å². The SMILES string of the molecule is CC.CC(C)N(C)C1CCN(Cc2cccc(NC3CCC(=O)NC3=O)c2)CC1. The molecule has 2 saturated heterocycles. The van der Waals surface area contributed by atoms with Crippen LogP contribution in [-0.2, 0) is 16.1 Å². The molecule has 6 nitrogen and oxygen atoms in total. The van der Waals surface area contributed by atoms with E-state index in [9.17, 15) is 9.59 Å². The number of benzene rings is 1. The van der Waals surface area contributed by atoms with Crippen LogP contribution in [0.15, 0.2) is 24.3 Å². The molecule has 3 rings (SSSR count). The van der Waals surface area contributed by atoms with Crippen molar-refractivity contribution in [1.29, 1.82) is 0 Å². The maximum Gasteiger partial charge on any atom is 0.249 e. The quantitative estimate of drug-likeness (QED) is 0.715. The lowest BCUT2D eigenvalue weighted by Crippen LogP contribution is -2.47. The Morgan fingerprint density at radius 3 is 2.48 bits per heavy atom. The average molecular weight is 403 g/mol. The van der Waals surface area contributed by atoms with Gasteiger partial charge in [0.2, 0.25) is 11.8 Å². The largest absolute Gasteiger partial charge is 0.374 e. The fraction of sp³-hybridized carbons (Fsp3) is 0.652. The standard InChI is InChI=1S/C21H32N4O2.C2H6/c1-15(2)24(3)18-9-11-25(12-10-18)14-16-5-4-6-17(13-16)22-19-7-8-20(26)23-21(19)27;1-2/h4-6,13,15,18-19,22H,7-12,14H2,1-3H3,(H,23,26,27);1-2H3. The molecule has 1 aromatic rings. The highest BCUT2D eigenvalue weighted by Gasteiger charge is 2.26. The zero-order chi connectivity index (χ0) is 21.4. The third kappa shape index (κ3) is 6.82. The fourth-order valence-corrected chi connectivity index (χ4v) is 3.96. The maximum atomic E-state index is 11.9. The second-order valence-electron chi connectivity index (χ2n) is 8.11. The summed E-state index contributed by atoms with van der Waals surface area (Å²) in [6.07, 6.45) is 3.36. The van der Waals surface area contributed by atoms with Gasteiger partial charge in [0.25, 0.3) is 0 Å². The lowest BCUT2D eigenvalue weighted by molar-refractivity contribution is -0.133. The summed E-state index contributed by atoms with van der Waals surface area (Å²) in [7, 11) is 2.23. The number of hydrogen-bond donors (Lipinski definition) is 2. The van der Waals surface area contributed by atoms with Crippen molar-refractivity contribution >= 4 is 17.5 Å². The second kappa shape index (κ2) is 11.3. The maximum absolute atomic E-state index is 11.9. The number of anilines is 1. The fourth-order valence-electron chi connectivity index (χ4n) is 3.96. The van der Waals surface area contributed by atoms with Crippen molar-refractivity contribution < 1.29 is 9.59 Å². The molecule has 0 aliphatic carbocycles. The molecular weight excluding hydrogens is 364 g/mol. The molecule has 0 radical (unpaired) electrons. The van der Waals surface area contributed by atoms with Crippen LogP contribution in [0, 0.1) is 0 Å². The van der Waals surface area contributed by atoms with Gasteiger partial charge >= 0.3 is 0 Å². The number of amides is 2. The molecule has 1 unspecified atom stereocenters. The van der Waals surface area contributed by atoms with Crippen molar-refractivity contribution in [3.05, 3.63) is 29.8 Å². The molecule has 2 aliphatic rings. The highest BCUT2D eigenvalue weighted by molar-refractivity contribution is 6.01. The van der Waals surface area contributed by atoms with Crippen molar-refractivity contribution in [3.63, 3.8) is 0 Å². The van der Waals surface area contributed by atoms with Crippen molar-refractivity contribution in [2.24, 2.45) is 0 Å².